The second kappa shape index (κ2) is 10.8. The Labute approximate surface area is 223 Å². The third-order valence-corrected chi connectivity index (χ3v) is 7.47. The first-order valence-corrected chi connectivity index (χ1v) is 13.5. The summed E-state index contributed by atoms with van der Waals surface area (Å²) >= 11 is 0. The Morgan fingerprint density at radius 1 is 0.895 bits per heavy atom. The van der Waals surface area contributed by atoms with E-state index in [9.17, 15) is 9.59 Å². The van der Waals surface area contributed by atoms with Crippen LogP contribution in [-0.2, 0) is 16.2 Å². The normalized spacial score (nSPS) is 14.7. The summed E-state index contributed by atoms with van der Waals surface area (Å²) in [6, 6.07) is 17.8. The molecule has 6 heteroatoms. The third-order valence-electron chi connectivity index (χ3n) is 7.47. The molecule has 0 amide bonds. The van der Waals surface area contributed by atoms with Crippen molar-refractivity contribution in [3.05, 3.63) is 76.9 Å². The van der Waals surface area contributed by atoms with Crippen molar-refractivity contribution < 1.29 is 19.2 Å². The fourth-order valence-electron chi connectivity index (χ4n) is 5.49. The largest absolute Gasteiger partial charge is 0.490 e. The Morgan fingerprint density at radius 2 is 1.55 bits per heavy atom. The van der Waals surface area contributed by atoms with Crippen LogP contribution in [0.25, 0.3) is 21.8 Å². The zero-order valence-corrected chi connectivity index (χ0v) is 22.5. The lowest BCUT2D eigenvalue weighted by Crippen LogP contribution is -2.19. The molecule has 1 fully saturated rings. The second-order valence-electron chi connectivity index (χ2n) is 10.2. The van der Waals surface area contributed by atoms with E-state index in [1.54, 1.807) is 0 Å². The predicted molar refractivity (Wildman–Crippen MR) is 151 cm³/mol. The van der Waals surface area contributed by atoms with Gasteiger partial charge >= 0.3 is 5.97 Å². The second-order valence-corrected chi connectivity index (χ2v) is 10.2. The Bertz CT molecular complexity index is 1560. The molecular formula is C32H34N2O4. The fourth-order valence-corrected chi connectivity index (χ4v) is 5.49. The number of ketones is 1. The molecule has 1 aliphatic rings. The smallest absolute Gasteiger partial charge is 0.331 e. The molecule has 3 aromatic carbocycles. The number of aryl methyl sites for hydroxylation is 2. The lowest BCUT2D eigenvalue weighted by atomic mass is 9.96. The van der Waals surface area contributed by atoms with Crippen molar-refractivity contribution >= 4 is 39.3 Å². The number of nitrogens with zero attached hydrogens (tertiary/aromatic N) is 2. The molecule has 4 aromatic rings. The topological polar surface area (TPSA) is 69.9 Å². The number of fused-ring (bicyclic) bond motifs is 3. The monoisotopic (exact) mass is 510 g/mol. The van der Waals surface area contributed by atoms with E-state index in [0.29, 0.717) is 16.8 Å². The maximum atomic E-state index is 13.6. The maximum absolute atomic E-state index is 13.6. The quantitative estimate of drug-likeness (QED) is 0.113. The van der Waals surface area contributed by atoms with E-state index in [2.05, 4.69) is 22.7 Å². The zero-order valence-electron chi connectivity index (χ0n) is 22.5. The number of carbonyl (C=O) groups excluding carboxylic acids is 2. The van der Waals surface area contributed by atoms with Gasteiger partial charge in [0.2, 0.25) is 0 Å². The van der Waals surface area contributed by atoms with Gasteiger partial charge in [-0.3, -0.25) is 4.79 Å². The summed E-state index contributed by atoms with van der Waals surface area (Å²) in [5, 5.41) is 5.97. The van der Waals surface area contributed by atoms with Crippen molar-refractivity contribution in [2.24, 2.45) is 5.16 Å². The highest BCUT2D eigenvalue weighted by atomic mass is 16.7. The van der Waals surface area contributed by atoms with Crippen molar-refractivity contribution in [3.8, 4) is 5.75 Å². The fraction of sp³-hybridized carbons (Fsp3) is 0.344. The van der Waals surface area contributed by atoms with Gasteiger partial charge in [0.25, 0.3) is 0 Å². The van der Waals surface area contributed by atoms with Gasteiger partial charge in [-0.15, -0.1) is 0 Å². The van der Waals surface area contributed by atoms with Crippen LogP contribution in [0.2, 0.25) is 0 Å². The first-order chi connectivity index (χ1) is 18.4. The van der Waals surface area contributed by atoms with E-state index in [0.717, 1.165) is 58.1 Å². The van der Waals surface area contributed by atoms with Crippen LogP contribution in [0.1, 0.15) is 79.9 Å². The summed E-state index contributed by atoms with van der Waals surface area (Å²) in [7, 11) is 0. The Hall–Kier alpha value is -3.93. The van der Waals surface area contributed by atoms with E-state index in [-0.39, 0.29) is 11.9 Å². The predicted octanol–water partition coefficient (Wildman–Crippen LogP) is 7.35. The van der Waals surface area contributed by atoms with Gasteiger partial charge in [-0.05, 0) is 106 Å². The number of hydrogen-bond acceptors (Lipinski definition) is 5. The van der Waals surface area contributed by atoms with Crippen LogP contribution in [0.3, 0.4) is 0 Å². The number of aromatic nitrogens is 1. The maximum Gasteiger partial charge on any atom is 0.331 e. The highest BCUT2D eigenvalue weighted by Gasteiger charge is 2.19. The van der Waals surface area contributed by atoms with Crippen molar-refractivity contribution in [2.45, 2.75) is 72.4 Å². The number of oxime groups is 1. The lowest BCUT2D eigenvalue weighted by Gasteiger charge is -2.23. The SMILES string of the molecule is CCn1c2ccc(C(=O)c3ccc(OC4CCCCC4)cc3C)cc2c2cc(C(C)=NOC(C)=O)ccc21. The highest BCUT2D eigenvalue weighted by molar-refractivity contribution is 6.16. The zero-order chi connectivity index (χ0) is 26.8. The van der Waals surface area contributed by atoms with Gasteiger partial charge in [0, 0.05) is 46.4 Å². The summed E-state index contributed by atoms with van der Waals surface area (Å²) in [6.07, 6.45) is 6.20. The minimum Gasteiger partial charge on any atom is -0.490 e. The molecular weight excluding hydrogens is 476 g/mol. The van der Waals surface area contributed by atoms with Gasteiger partial charge in [0.1, 0.15) is 5.75 Å². The number of benzene rings is 3. The summed E-state index contributed by atoms with van der Waals surface area (Å²) in [5.41, 5.74) is 5.86. The van der Waals surface area contributed by atoms with Crippen molar-refractivity contribution in [3.63, 3.8) is 0 Å². The van der Waals surface area contributed by atoms with Crippen LogP contribution in [0, 0.1) is 6.92 Å². The van der Waals surface area contributed by atoms with Crippen molar-refractivity contribution in [1.29, 1.82) is 0 Å². The van der Waals surface area contributed by atoms with E-state index in [1.807, 2.05) is 62.4 Å². The number of carbonyl (C=O) groups is 2. The molecule has 1 heterocycles. The summed E-state index contributed by atoms with van der Waals surface area (Å²) in [5.74, 6) is 0.376. The van der Waals surface area contributed by atoms with Crippen LogP contribution >= 0.6 is 0 Å². The molecule has 5 rings (SSSR count). The Kier molecular flexibility index (Phi) is 7.32. The minimum absolute atomic E-state index is 0.00484. The molecule has 0 radical (unpaired) electrons. The van der Waals surface area contributed by atoms with Gasteiger partial charge in [0.05, 0.1) is 11.8 Å². The molecule has 0 unspecified atom stereocenters. The molecule has 196 valence electrons. The minimum atomic E-state index is -0.458. The number of ether oxygens (including phenoxy) is 1. The molecule has 0 atom stereocenters. The number of rotatable bonds is 7. The highest BCUT2D eigenvalue weighted by Crippen LogP contribution is 2.32. The van der Waals surface area contributed by atoms with Crippen LogP contribution < -0.4 is 4.74 Å². The molecule has 0 saturated heterocycles. The van der Waals surface area contributed by atoms with E-state index in [4.69, 9.17) is 9.57 Å². The molecule has 0 N–H and O–H groups in total. The average Bonchev–Trinajstić information content (AvgIpc) is 3.24. The molecule has 0 aliphatic heterocycles. The standard InChI is InChI=1S/C32H34N2O4/c1-5-34-30-15-11-23(21(3)33-38-22(4)35)18-28(30)29-19-24(12-16-31(29)34)32(36)27-14-13-26(17-20(27)2)37-25-9-7-6-8-10-25/h11-19,25H,5-10H2,1-4H3. The molecule has 0 bridgehead atoms. The third kappa shape index (κ3) is 5.08. The van der Waals surface area contributed by atoms with Crippen LogP contribution in [0.4, 0.5) is 0 Å². The van der Waals surface area contributed by atoms with Gasteiger partial charge in [0.15, 0.2) is 5.78 Å². The molecule has 38 heavy (non-hydrogen) atoms. The van der Waals surface area contributed by atoms with Crippen LogP contribution in [-0.4, -0.2) is 28.1 Å². The molecule has 1 saturated carbocycles. The number of hydrogen-bond donors (Lipinski definition) is 0. The van der Waals surface area contributed by atoms with Gasteiger partial charge in [-0.1, -0.05) is 17.6 Å². The van der Waals surface area contributed by atoms with E-state index >= 15 is 0 Å². The summed E-state index contributed by atoms with van der Waals surface area (Å²) in [4.78, 5) is 29.7. The van der Waals surface area contributed by atoms with Gasteiger partial charge < -0.3 is 14.1 Å². The van der Waals surface area contributed by atoms with Crippen LogP contribution in [0.15, 0.2) is 59.8 Å². The molecule has 0 spiro atoms. The van der Waals surface area contributed by atoms with Crippen molar-refractivity contribution in [2.75, 3.05) is 0 Å². The summed E-state index contributed by atoms with van der Waals surface area (Å²) in [6.45, 7) is 8.02. The summed E-state index contributed by atoms with van der Waals surface area (Å²) < 4.78 is 8.45. The van der Waals surface area contributed by atoms with Crippen LogP contribution in [0.5, 0.6) is 5.75 Å². The molecule has 6 nitrogen and oxygen atoms in total. The van der Waals surface area contributed by atoms with Gasteiger partial charge in [-0.25, -0.2) is 4.79 Å². The Balaban J connectivity index is 1.50. The lowest BCUT2D eigenvalue weighted by molar-refractivity contribution is -0.140. The van der Waals surface area contributed by atoms with E-state index in [1.165, 1.54) is 26.2 Å². The average molecular weight is 511 g/mol. The molecule has 1 aromatic heterocycles. The van der Waals surface area contributed by atoms with E-state index < -0.39 is 5.97 Å². The Morgan fingerprint density at radius 3 is 2.18 bits per heavy atom. The van der Waals surface area contributed by atoms with Gasteiger partial charge in [-0.2, -0.15) is 0 Å². The molecule has 1 aliphatic carbocycles. The first kappa shape index (κ1) is 25.7. The van der Waals surface area contributed by atoms with Crippen molar-refractivity contribution in [1.82, 2.24) is 4.57 Å². The first-order valence-electron chi connectivity index (χ1n) is 13.5.